The Morgan fingerprint density at radius 2 is 2.05 bits per heavy atom. The summed E-state index contributed by atoms with van der Waals surface area (Å²) in [7, 11) is 0. The van der Waals surface area contributed by atoms with Crippen LogP contribution in [0.1, 0.15) is 39.4 Å². The zero-order chi connectivity index (χ0) is 13.4. The molecule has 1 aromatic heterocycles. The lowest BCUT2D eigenvalue weighted by molar-refractivity contribution is -0.142. The van der Waals surface area contributed by atoms with Crippen LogP contribution in [0, 0.1) is 5.92 Å². The van der Waals surface area contributed by atoms with Gasteiger partial charge in [0, 0.05) is 18.0 Å². The van der Waals surface area contributed by atoms with Gasteiger partial charge < -0.3 is 10.0 Å². The topological polar surface area (TPSA) is 57.6 Å². The van der Waals surface area contributed by atoms with Crippen molar-refractivity contribution < 1.29 is 14.7 Å². The number of thiophene rings is 1. The monoisotopic (exact) mass is 279 g/mol. The number of nitrogens with zero attached hydrogens (tertiary/aromatic N) is 1. The maximum absolute atomic E-state index is 12.3. The fourth-order valence-corrected chi connectivity index (χ4v) is 4.09. The number of carbonyl (C=O) groups is 2. The summed E-state index contributed by atoms with van der Waals surface area (Å²) >= 11 is 1.56. The third-order valence-corrected chi connectivity index (χ3v) is 5.26. The van der Waals surface area contributed by atoms with Crippen LogP contribution >= 0.6 is 11.3 Å². The average Bonchev–Trinajstić information content (AvgIpc) is 3.06. The molecule has 0 saturated carbocycles. The van der Waals surface area contributed by atoms with Gasteiger partial charge in [-0.2, -0.15) is 0 Å². The number of carboxylic acid groups (broad SMARTS) is 1. The molecule has 1 aromatic rings. The number of likely N-dealkylation sites (tertiary alicyclic amines) is 1. The maximum atomic E-state index is 12.3. The fourth-order valence-electron chi connectivity index (χ4n) is 2.92. The second kappa shape index (κ2) is 4.96. The third kappa shape index (κ3) is 2.39. The molecule has 0 spiro atoms. The van der Waals surface area contributed by atoms with E-state index in [9.17, 15) is 9.59 Å². The summed E-state index contributed by atoms with van der Waals surface area (Å²) in [6.45, 7) is 1.72. The molecule has 1 amide bonds. The van der Waals surface area contributed by atoms with E-state index in [1.807, 2.05) is 11.0 Å². The van der Waals surface area contributed by atoms with Crippen LogP contribution in [0.15, 0.2) is 6.07 Å². The molecule has 1 N–H and O–H groups in total. The Kier molecular flexibility index (Phi) is 3.31. The van der Waals surface area contributed by atoms with Crippen molar-refractivity contribution in [1.82, 2.24) is 4.90 Å². The number of amides is 1. The zero-order valence-electron chi connectivity index (χ0n) is 10.7. The van der Waals surface area contributed by atoms with Crippen molar-refractivity contribution >= 4 is 23.2 Å². The molecule has 0 radical (unpaired) electrons. The first-order valence-electron chi connectivity index (χ1n) is 6.79. The minimum Gasteiger partial charge on any atom is -0.481 e. The molecule has 2 aliphatic rings. The van der Waals surface area contributed by atoms with E-state index < -0.39 is 5.97 Å². The maximum Gasteiger partial charge on any atom is 0.306 e. The number of carboxylic acids is 1. The summed E-state index contributed by atoms with van der Waals surface area (Å²) in [5, 5.41) is 9.08. The zero-order valence-corrected chi connectivity index (χ0v) is 11.5. The smallest absolute Gasteiger partial charge is 0.306 e. The predicted molar refractivity (Wildman–Crippen MR) is 72.6 cm³/mol. The molecule has 1 aliphatic heterocycles. The molecule has 0 bridgehead atoms. The van der Waals surface area contributed by atoms with E-state index in [1.165, 1.54) is 4.88 Å². The Morgan fingerprint density at radius 1 is 1.32 bits per heavy atom. The van der Waals surface area contributed by atoms with Crippen molar-refractivity contribution in [2.24, 2.45) is 5.92 Å². The molecule has 0 unspecified atom stereocenters. The third-order valence-electron chi connectivity index (χ3n) is 4.04. The number of fused-ring (bicyclic) bond motifs is 1. The van der Waals surface area contributed by atoms with Crippen LogP contribution in [0.4, 0.5) is 0 Å². The van der Waals surface area contributed by atoms with Crippen LogP contribution in [0.2, 0.25) is 0 Å². The summed E-state index contributed by atoms with van der Waals surface area (Å²) in [4.78, 5) is 27.2. The van der Waals surface area contributed by atoms with Gasteiger partial charge in [-0.15, -0.1) is 11.3 Å². The molecule has 4 nitrogen and oxygen atoms in total. The van der Waals surface area contributed by atoms with Gasteiger partial charge in [-0.25, -0.2) is 0 Å². The van der Waals surface area contributed by atoms with Crippen molar-refractivity contribution in [1.29, 1.82) is 0 Å². The molecule has 19 heavy (non-hydrogen) atoms. The van der Waals surface area contributed by atoms with Crippen LogP contribution in [-0.2, 0) is 17.6 Å². The summed E-state index contributed by atoms with van der Waals surface area (Å²) < 4.78 is 0. The summed E-state index contributed by atoms with van der Waals surface area (Å²) in [5.74, 6) is -0.870. The van der Waals surface area contributed by atoms with Crippen LogP contribution in [0.5, 0.6) is 0 Å². The molecule has 1 atom stereocenters. The van der Waals surface area contributed by atoms with Crippen molar-refractivity contribution in [2.75, 3.05) is 13.1 Å². The van der Waals surface area contributed by atoms with E-state index in [0.29, 0.717) is 12.8 Å². The fraction of sp³-hybridized carbons (Fsp3) is 0.571. The number of rotatable bonds is 2. The quantitative estimate of drug-likeness (QED) is 0.902. The van der Waals surface area contributed by atoms with Gasteiger partial charge in [0.25, 0.3) is 5.91 Å². The van der Waals surface area contributed by atoms with E-state index >= 15 is 0 Å². The number of aryl methyl sites for hydroxylation is 1. The van der Waals surface area contributed by atoms with E-state index in [4.69, 9.17) is 5.11 Å². The van der Waals surface area contributed by atoms with E-state index in [2.05, 4.69) is 0 Å². The van der Waals surface area contributed by atoms with Crippen LogP contribution in [-0.4, -0.2) is 35.0 Å². The number of carbonyl (C=O) groups excluding carboxylic acids is 1. The first kappa shape index (κ1) is 12.7. The molecule has 1 aliphatic carbocycles. The van der Waals surface area contributed by atoms with Gasteiger partial charge in [-0.3, -0.25) is 9.59 Å². The standard InChI is InChI=1S/C14H17NO3S/c16-13(15-5-1-2-6-15)12-8-10-7-9(14(17)18)3-4-11(10)19-12/h8-9H,1-7H2,(H,17,18)/t9-/m0/s1. The Labute approximate surface area is 116 Å². The highest BCUT2D eigenvalue weighted by atomic mass is 32.1. The van der Waals surface area contributed by atoms with Crippen molar-refractivity contribution in [3.05, 3.63) is 21.4 Å². The normalized spacial score (nSPS) is 22.3. The minimum atomic E-state index is -0.718. The molecular weight excluding hydrogens is 262 g/mol. The van der Waals surface area contributed by atoms with Crippen molar-refractivity contribution in [2.45, 2.75) is 32.1 Å². The highest BCUT2D eigenvalue weighted by molar-refractivity contribution is 7.14. The molecular formula is C14H17NO3S. The van der Waals surface area contributed by atoms with Gasteiger partial charge in [0.15, 0.2) is 0 Å². The van der Waals surface area contributed by atoms with Crippen LogP contribution < -0.4 is 0 Å². The Bertz CT molecular complexity index is 517. The highest BCUT2D eigenvalue weighted by Crippen LogP contribution is 2.33. The lowest BCUT2D eigenvalue weighted by atomic mass is 9.88. The Morgan fingerprint density at radius 3 is 2.74 bits per heavy atom. The summed E-state index contributed by atoms with van der Waals surface area (Å²) in [5.41, 5.74) is 1.08. The SMILES string of the molecule is O=C(O)[C@H]1CCc2sc(C(=O)N3CCCC3)cc2C1. The van der Waals surface area contributed by atoms with Gasteiger partial charge in [0.2, 0.25) is 0 Å². The van der Waals surface area contributed by atoms with Crippen molar-refractivity contribution in [3.8, 4) is 0 Å². The van der Waals surface area contributed by atoms with Gasteiger partial charge in [-0.05, 0) is 43.7 Å². The van der Waals surface area contributed by atoms with Gasteiger partial charge >= 0.3 is 5.97 Å². The molecule has 5 heteroatoms. The van der Waals surface area contributed by atoms with Gasteiger partial charge in [-0.1, -0.05) is 0 Å². The number of hydrogen-bond acceptors (Lipinski definition) is 3. The minimum absolute atomic E-state index is 0.128. The Balaban J connectivity index is 1.79. The summed E-state index contributed by atoms with van der Waals surface area (Å²) in [6.07, 6.45) is 4.26. The lowest BCUT2D eigenvalue weighted by Crippen LogP contribution is -2.26. The van der Waals surface area contributed by atoms with Crippen molar-refractivity contribution in [3.63, 3.8) is 0 Å². The molecule has 2 heterocycles. The number of hydrogen-bond donors (Lipinski definition) is 1. The molecule has 1 saturated heterocycles. The van der Waals surface area contributed by atoms with Gasteiger partial charge in [0.1, 0.15) is 0 Å². The largest absolute Gasteiger partial charge is 0.481 e. The van der Waals surface area contributed by atoms with Crippen LogP contribution in [0.3, 0.4) is 0 Å². The second-order valence-electron chi connectivity index (χ2n) is 5.34. The van der Waals surface area contributed by atoms with E-state index in [0.717, 1.165) is 42.8 Å². The first-order chi connectivity index (χ1) is 9.15. The van der Waals surface area contributed by atoms with E-state index in [-0.39, 0.29) is 11.8 Å². The number of aliphatic carboxylic acids is 1. The Hall–Kier alpha value is -1.36. The molecule has 102 valence electrons. The molecule has 0 aromatic carbocycles. The predicted octanol–water partition coefficient (Wildman–Crippen LogP) is 2.17. The summed E-state index contributed by atoms with van der Waals surface area (Å²) in [6, 6.07) is 1.93. The second-order valence-corrected chi connectivity index (χ2v) is 6.47. The molecule has 1 fully saturated rings. The van der Waals surface area contributed by atoms with E-state index in [1.54, 1.807) is 11.3 Å². The highest BCUT2D eigenvalue weighted by Gasteiger charge is 2.28. The lowest BCUT2D eigenvalue weighted by Gasteiger charge is -2.17. The molecule has 3 rings (SSSR count). The first-order valence-corrected chi connectivity index (χ1v) is 7.60. The van der Waals surface area contributed by atoms with Gasteiger partial charge in [0.05, 0.1) is 10.8 Å². The van der Waals surface area contributed by atoms with Crippen LogP contribution in [0.25, 0.3) is 0 Å². The average molecular weight is 279 g/mol.